The highest BCUT2D eigenvalue weighted by atomic mass is 32.1. The number of aromatic carboxylic acids is 1. The zero-order valence-corrected chi connectivity index (χ0v) is 35.0. The number of hydrogen-bond donors (Lipinski definition) is 3. The molecule has 6 aliphatic rings. The highest BCUT2D eigenvalue weighted by molar-refractivity contribution is 7.22. The quantitative estimate of drug-likeness (QED) is 0.121. The molecule has 13 nitrogen and oxygen atoms in total. The number of thiazole rings is 1. The maximum Gasteiger partial charge on any atom is 0.355 e. The Balaban J connectivity index is 0.941. The molecule has 5 fully saturated rings. The highest BCUT2D eigenvalue weighted by Crippen LogP contribution is 2.71. The molecule has 2 aliphatic heterocycles. The third-order valence-corrected chi connectivity index (χ3v) is 14.3. The molecule has 1 aromatic carbocycles. The van der Waals surface area contributed by atoms with E-state index in [1.54, 1.807) is 11.3 Å². The van der Waals surface area contributed by atoms with Gasteiger partial charge in [-0.1, -0.05) is 37.3 Å². The summed E-state index contributed by atoms with van der Waals surface area (Å²) in [5.74, 6) is 0.716. The number of allylic oxidation sites excluding steroid dienone is 1. The Morgan fingerprint density at radius 1 is 1.03 bits per heavy atom. The van der Waals surface area contributed by atoms with E-state index in [2.05, 4.69) is 40.3 Å². The van der Waals surface area contributed by atoms with Gasteiger partial charge in [-0.15, -0.1) is 10.2 Å². The van der Waals surface area contributed by atoms with Gasteiger partial charge in [-0.05, 0) is 106 Å². The van der Waals surface area contributed by atoms with Crippen molar-refractivity contribution in [2.75, 3.05) is 62.8 Å². The number of anilines is 4. The molecule has 10 rings (SSSR count). The predicted octanol–water partition coefficient (Wildman–Crippen LogP) is 7.54. The number of carbonyl (C=O) groups is 1. The second-order valence-corrected chi connectivity index (χ2v) is 19.4. The van der Waals surface area contributed by atoms with Crippen LogP contribution in [0.2, 0.25) is 0 Å². The maximum absolute atomic E-state index is 12.9. The van der Waals surface area contributed by atoms with Gasteiger partial charge >= 0.3 is 5.97 Å². The number of nitrogens with two attached hydrogens (primary N) is 1. The smallest absolute Gasteiger partial charge is 0.355 e. The number of fused-ring (bicyclic) bond motifs is 2. The minimum atomic E-state index is -1.13. The van der Waals surface area contributed by atoms with Gasteiger partial charge in [0.05, 0.1) is 35.6 Å². The Kier molecular flexibility index (Phi) is 10.1. The van der Waals surface area contributed by atoms with Crippen LogP contribution in [-0.4, -0.2) is 100.0 Å². The Morgan fingerprint density at radius 2 is 1.81 bits per heavy atom. The van der Waals surface area contributed by atoms with Crippen molar-refractivity contribution in [1.82, 2.24) is 25.1 Å². The van der Waals surface area contributed by atoms with Crippen molar-refractivity contribution in [2.24, 2.45) is 27.0 Å². The molecular formula is C44H55N9O4S. The number of aromatic nitrogens is 4. The first-order valence-corrected chi connectivity index (χ1v) is 21.6. The highest BCUT2D eigenvalue weighted by Gasteiger charge is 2.66. The van der Waals surface area contributed by atoms with Crippen molar-refractivity contribution < 1.29 is 19.4 Å². The van der Waals surface area contributed by atoms with E-state index in [1.165, 1.54) is 12.6 Å². The molecular weight excluding hydrogens is 751 g/mol. The lowest BCUT2D eigenvalue weighted by molar-refractivity contribution is -0.243. The average Bonchev–Trinajstić information content (AvgIpc) is 3.60. The SMILES string of the molecule is CC(=NCC12CC3(C)CC(C)(C1)CC(OCCN1CCOCC1)(C3)C2)C(=CN)c1ccc(N2CCCc3c2nnc(Nc2nc4ccccc4s2)c3C)nc1C(=O)O. The molecule has 4 bridgehead atoms. The van der Waals surface area contributed by atoms with E-state index in [-0.39, 0.29) is 27.5 Å². The van der Waals surface area contributed by atoms with E-state index in [4.69, 9.17) is 30.2 Å². The molecule has 0 radical (unpaired) electrons. The van der Waals surface area contributed by atoms with Crippen LogP contribution in [0.15, 0.2) is 47.6 Å². The first-order valence-electron chi connectivity index (χ1n) is 20.8. The number of nitrogens with zero attached hydrogens (tertiary/aromatic N) is 7. The molecule has 4 aromatic rings. The molecule has 4 N–H and O–H groups in total. The van der Waals surface area contributed by atoms with Crippen molar-refractivity contribution in [3.8, 4) is 0 Å². The first-order chi connectivity index (χ1) is 27.9. The lowest BCUT2D eigenvalue weighted by atomic mass is 9.39. The van der Waals surface area contributed by atoms with E-state index < -0.39 is 5.97 Å². The van der Waals surface area contributed by atoms with Gasteiger partial charge in [0.2, 0.25) is 0 Å². The summed E-state index contributed by atoms with van der Waals surface area (Å²) in [6.45, 7) is 15.4. The number of carboxylic acid groups (broad SMARTS) is 1. The molecule has 4 aliphatic carbocycles. The second-order valence-electron chi connectivity index (χ2n) is 18.4. The molecule has 58 heavy (non-hydrogen) atoms. The molecule has 2 atom stereocenters. The fourth-order valence-corrected chi connectivity index (χ4v) is 12.9. The summed E-state index contributed by atoms with van der Waals surface area (Å²) in [6.07, 6.45) is 9.83. The summed E-state index contributed by atoms with van der Waals surface area (Å²) < 4.78 is 13.6. The van der Waals surface area contributed by atoms with Crippen molar-refractivity contribution >= 4 is 61.4 Å². The molecule has 0 spiro atoms. The number of nitrogens with one attached hydrogen (secondary N) is 1. The topological polar surface area (TPSA) is 164 Å². The van der Waals surface area contributed by atoms with Gasteiger partial charge < -0.3 is 30.5 Å². The van der Waals surface area contributed by atoms with Crippen LogP contribution >= 0.6 is 11.3 Å². The van der Waals surface area contributed by atoms with Gasteiger partial charge in [-0.2, -0.15) is 0 Å². The zero-order valence-electron chi connectivity index (χ0n) is 34.1. The number of aliphatic imine (C=N–C) groups is 1. The fraction of sp³-hybridized carbons (Fsp3) is 0.545. The summed E-state index contributed by atoms with van der Waals surface area (Å²) in [6, 6.07) is 11.7. The van der Waals surface area contributed by atoms with E-state index in [0.717, 1.165) is 111 Å². The minimum absolute atomic E-state index is 0.0144. The van der Waals surface area contributed by atoms with E-state index in [1.807, 2.05) is 49.1 Å². The van der Waals surface area contributed by atoms with Crippen LogP contribution < -0.4 is 16.0 Å². The monoisotopic (exact) mass is 805 g/mol. The molecule has 3 aromatic heterocycles. The third kappa shape index (κ3) is 7.37. The Hall–Kier alpha value is -4.50. The van der Waals surface area contributed by atoms with Crippen LogP contribution in [0.25, 0.3) is 15.8 Å². The molecule has 2 unspecified atom stereocenters. The third-order valence-electron chi connectivity index (χ3n) is 13.3. The molecule has 1 saturated heterocycles. The van der Waals surface area contributed by atoms with Gasteiger partial charge in [0.25, 0.3) is 0 Å². The number of ether oxygens (including phenoxy) is 2. The zero-order chi connectivity index (χ0) is 40.3. The number of morpholine rings is 1. The van der Waals surface area contributed by atoms with Gasteiger partial charge in [0.1, 0.15) is 5.82 Å². The van der Waals surface area contributed by atoms with Crippen molar-refractivity contribution in [3.63, 3.8) is 0 Å². The Bertz CT molecular complexity index is 2250. The Morgan fingerprint density at radius 3 is 2.55 bits per heavy atom. The van der Waals surface area contributed by atoms with E-state index >= 15 is 0 Å². The molecule has 0 amide bonds. The maximum atomic E-state index is 12.9. The van der Waals surface area contributed by atoms with E-state index in [9.17, 15) is 9.90 Å². The van der Waals surface area contributed by atoms with Crippen LogP contribution in [0.4, 0.5) is 22.6 Å². The van der Waals surface area contributed by atoms with Crippen molar-refractivity contribution in [2.45, 2.75) is 84.7 Å². The van der Waals surface area contributed by atoms with Crippen LogP contribution in [-0.2, 0) is 15.9 Å². The van der Waals surface area contributed by atoms with Crippen LogP contribution in [0.3, 0.4) is 0 Å². The second kappa shape index (κ2) is 15.0. The van der Waals surface area contributed by atoms with Crippen LogP contribution in [0, 0.1) is 23.2 Å². The summed E-state index contributed by atoms with van der Waals surface area (Å²) in [4.78, 5) is 32.0. The summed E-state index contributed by atoms with van der Waals surface area (Å²) in [7, 11) is 0. The van der Waals surface area contributed by atoms with Gasteiger partial charge in [0.15, 0.2) is 22.5 Å². The number of hydrogen-bond acceptors (Lipinski definition) is 13. The number of rotatable bonds is 12. The molecule has 4 saturated carbocycles. The van der Waals surface area contributed by atoms with Crippen molar-refractivity contribution in [3.05, 3.63) is 65.0 Å². The lowest BCUT2D eigenvalue weighted by Gasteiger charge is -2.69. The minimum Gasteiger partial charge on any atom is -0.476 e. The Labute approximate surface area is 344 Å². The molecule has 5 heterocycles. The number of carboxylic acids is 1. The fourth-order valence-electron chi connectivity index (χ4n) is 12.1. The average molecular weight is 806 g/mol. The number of para-hydroxylation sites is 1. The molecule has 14 heteroatoms. The number of pyridine rings is 1. The van der Waals surface area contributed by atoms with Crippen molar-refractivity contribution in [1.29, 1.82) is 0 Å². The summed E-state index contributed by atoms with van der Waals surface area (Å²) >= 11 is 1.57. The van der Waals surface area contributed by atoms with Gasteiger partial charge in [-0.3, -0.25) is 9.89 Å². The number of benzene rings is 1. The van der Waals surface area contributed by atoms with Crippen LogP contribution in [0.1, 0.15) is 92.9 Å². The standard InChI is InChI=1S/C44H55N9O4S/c1-28-30-8-7-13-53(38(30)51-50-37(28)49-40-47-33-9-5-6-10-34(33)58-40)35-12-11-31(36(48-35)39(54)55)32(20-45)29(2)46-27-43-22-41(3)21-42(4,23-43)25-44(24-41,26-43)57-19-16-52-14-17-56-18-15-52/h5-6,9-12,20H,7-8,13-19,21-27,45H2,1-4H3,(H,54,55)(H,47,49,50). The van der Waals surface area contributed by atoms with Gasteiger partial charge in [0, 0.05) is 66.9 Å². The molecule has 306 valence electrons. The van der Waals surface area contributed by atoms with E-state index in [0.29, 0.717) is 47.4 Å². The van der Waals surface area contributed by atoms with Gasteiger partial charge in [-0.25, -0.2) is 14.8 Å². The lowest BCUT2D eigenvalue weighted by Crippen LogP contribution is -2.64. The summed E-state index contributed by atoms with van der Waals surface area (Å²) in [5.41, 5.74) is 11.2. The van der Waals surface area contributed by atoms with Crippen LogP contribution in [0.5, 0.6) is 0 Å². The predicted molar refractivity (Wildman–Crippen MR) is 229 cm³/mol. The first kappa shape index (κ1) is 39.0. The normalized spacial score (nSPS) is 28.6. The summed E-state index contributed by atoms with van der Waals surface area (Å²) in [5, 5.41) is 23.9. The largest absolute Gasteiger partial charge is 0.476 e.